The maximum absolute atomic E-state index is 13.0. The van der Waals surface area contributed by atoms with Crippen molar-refractivity contribution in [2.75, 3.05) is 6.54 Å². The fourth-order valence-corrected chi connectivity index (χ4v) is 2.02. The Kier molecular flexibility index (Phi) is 4.02. The summed E-state index contributed by atoms with van der Waals surface area (Å²) in [7, 11) is 0. The first-order chi connectivity index (χ1) is 9.56. The molecule has 0 bridgehead atoms. The van der Waals surface area contributed by atoms with Gasteiger partial charge in [-0.25, -0.2) is 8.78 Å². The van der Waals surface area contributed by atoms with E-state index in [1.165, 1.54) is 0 Å². The van der Waals surface area contributed by atoms with Gasteiger partial charge in [0, 0.05) is 13.0 Å². The molecule has 1 aromatic carbocycles. The second-order valence-corrected chi connectivity index (χ2v) is 4.28. The van der Waals surface area contributed by atoms with Gasteiger partial charge < -0.3 is 0 Å². The van der Waals surface area contributed by atoms with Gasteiger partial charge in [-0.3, -0.25) is 19.3 Å². The Hall–Kier alpha value is -2.37. The number of fused-ring (bicyclic) bond motifs is 1. The van der Waals surface area contributed by atoms with Crippen molar-refractivity contribution in [2.24, 2.45) is 0 Å². The van der Waals surface area contributed by atoms with Gasteiger partial charge in [0.1, 0.15) is 5.83 Å². The van der Waals surface area contributed by atoms with Crippen molar-refractivity contribution in [3.63, 3.8) is 0 Å². The zero-order valence-corrected chi connectivity index (χ0v) is 10.4. The summed E-state index contributed by atoms with van der Waals surface area (Å²) in [5.41, 5.74) is 0.625. The molecule has 6 heteroatoms. The molecule has 4 nitrogen and oxygen atoms in total. The molecule has 0 spiro atoms. The molecular formula is C14H11F2NO3. The molecule has 2 amide bonds. The maximum atomic E-state index is 13.0. The Morgan fingerprint density at radius 3 is 2.15 bits per heavy atom. The number of nitrogens with zero attached hydrogens (tertiary/aromatic N) is 1. The van der Waals surface area contributed by atoms with Crippen LogP contribution in [-0.4, -0.2) is 29.5 Å². The molecule has 1 heterocycles. The second kappa shape index (κ2) is 5.73. The zero-order chi connectivity index (χ0) is 14.7. The number of aldehydes is 1. The smallest absolute Gasteiger partial charge is 0.261 e. The number of benzene rings is 1. The largest absolute Gasteiger partial charge is 0.295 e. The number of rotatable bonds is 5. The minimum absolute atomic E-state index is 0.0219. The van der Waals surface area contributed by atoms with Crippen LogP contribution in [0.3, 0.4) is 0 Å². The topological polar surface area (TPSA) is 54.5 Å². The summed E-state index contributed by atoms with van der Waals surface area (Å²) in [4.78, 5) is 34.9. The number of amides is 2. The van der Waals surface area contributed by atoms with Gasteiger partial charge in [0.15, 0.2) is 12.1 Å². The third-order valence-electron chi connectivity index (χ3n) is 3.02. The van der Waals surface area contributed by atoms with Crippen LogP contribution in [0.5, 0.6) is 0 Å². The normalized spacial score (nSPS) is 15.2. The van der Waals surface area contributed by atoms with Crippen LogP contribution in [0.15, 0.2) is 35.9 Å². The third-order valence-corrected chi connectivity index (χ3v) is 3.02. The number of imide groups is 1. The summed E-state index contributed by atoms with van der Waals surface area (Å²) < 4.78 is 25.6. The van der Waals surface area contributed by atoms with E-state index in [0.717, 1.165) is 4.90 Å². The number of carbonyl (C=O) groups is 3. The van der Waals surface area contributed by atoms with E-state index in [1.807, 2.05) is 0 Å². The lowest BCUT2D eigenvalue weighted by atomic mass is 10.1. The van der Waals surface area contributed by atoms with Crippen molar-refractivity contribution in [3.05, 3.63) is 47.0 Å². The van der Waals surface area contributed by atoms with Crippen LogP contribution < -0.4 is 0 Å². The molecule has 0 aliphatic carbocycles. The number of halogens is 2. The average Bonchev–Trinajstić information content (AvgIpc) is 2.71. The van der Waals surface area contributed by atoms with Crippen molar-refractivity contribution in [1.29, 1.82) is 0 Å². The Bertz CT molecular complexity index is 575. The van der Waals surface area contributed by atoms with Crippen LogP contribution >= 0.6 is 0 Å². The van der Waals surface area contributed by atoms with Crippen molar-refractivity contribution < 1.29 is 23.2 Å². The van der Waals surface area contributed by atoms with E-state index in [2.05, 4.69) is 0 Å². The maximum Gasteiger partial charge on any atom is 0.261 e. The fraction of sp³-hybridized carbons (Fsp3) is 0.214. The van der Waals surface area contributed by atoms with E-state index >= 15 is 0 Å². The summed E-state index contributed by atoms with van der Waals surface area (Å²) in [6.45, 7) is -0.0219. The molecule has 1 aromatic rings. The number of hydrogen-bond acceptors (Lipinski definition) is 3. The molecule has 0 unspecified atom stereocenters. The second-order valence-electron chi connectivity index (χ2n) is 4.28. The van der Waals surface area contributed by atoms with Gasteiger partial charge in [0.05, 0.1) is 11.1 Å². The molecule has 0 aromatic heterocycles. The van der Waals surface area contributed by atoms with Crippen LogP contribution in [0, 0.1) is 0 Å². The average molecular weight is 279 g/mol. The van der Waals surface area contributed by atoms with Crippen LogP contribution in [-0.2, 0) is 4.79 Å². The van der Waals surface area contributed by atoms with Crippen LogP contribution in [0.4, 0.5) is 8.78 Å². The molecule has 104 valence electrons. The van der Waals surface area contributed by atoms with Gasteiger partial charge in [0.25, 0.3) is 11.8 Å². The molecule has 0 saturated heterocycles. The van der Waals surface area contributed by atoms with E-state index in [1.54, 1.807) is 24.3 Å². The monoisotopic (exact) mass is 279 g/mol. The van der Waals surface area contributed by atoms with E-state index in [0.29, 0.717) is 11.1 Å². The lowest BCUT2D eigenvalue weighted by molar-refractivity contribution is -0.106. The van der Waals surface area contributed by atoms with Gasteiger partial charge in [-0.2, -0.15) is 0 Å². The highest BCUT2D eigenvalue weighted by atomic mass is 19.2. The molecular weight excluding hydrogens is 268 g/mol. The first-order valence-electron chi connectivity index (χ1n) is 6.00. The van der Waals surface area contributed by atoms with E-state index < -0.39 is 23.5 Å². The molecule has 0 N–H and O–H groups in total. The van der Waals surface area contributed by atoms with Crippen LogP contribution in [0.1, 0.15) is 33.6 Å². The van der Waals surface area contributed by atoms with E-state index in [-0.39, 0.29) is 25.7 Å². The van der Waals surface area contributed by atoms with Crippen LogP contribution in [0.25, 0.3) is 0 Å². The van der Waals surface area contributed by atoms with Crippen molar-refractivity contribution in [3.8, 4) is 0 Å². The van der Waals surface area contributed by atoms with Gasteiger partial charge >= 0.3 is 0 Å². The van der Waals surface area contributed by atoms with Crippen molar-refractivity contribution >= 4 is 18.1 Å². The summed E-state index contributed by atoms with van der Waals surface area (Å²) in [6.07, 6.45) is -0.492. The van der Waals surface area contributed by atoms with Gasteiger partial charge in [-0.15, -0.1) is 0 Å². The summed E-state index contributed by atoms with van der Waals surface area (Å²) in [5, 5.41) is 0. The van der Waals surface area contributed by atoms with Crippen molar-refractivity contribution in [2.45, 2.75) is 12.8 Å². The van der Waals surface area contributed by atoms with E-state index in [4.69, 9.17) is 0 Å². The fourth-order valence-electron chi connectivity index (χ4n) is 2.02. The number of hydrogen-bond donors (Lipinski definition) is 0. The Labute approximate surface area is 113 Å². The van der Waals surface area contributed by atoms with E-state index in [9.17, 15) is 23.2 Å². The quantitative estimate of drug-likeness (QED) is 0.472. The highest BCUT2D eigenvalue weighted by molar-refractivity contribution is 6.21. The lowest BCUT2D eigenvalue weighted by Gasteiger charge is -2.12. The predicted molar refractivity (Wildman–Crippen MR) is 66.3 cm³/mol. The molecule has 0 saturated carbocycles. The Morgan fingerprint density at radius 1 is 1.10 bits per heavy atom. The van der Waals surface area contributed by atoms with Crippen molar-refractivity contribution in [1.82, 2.24) is 4.90 Å². The summed E-state index contributed by atoms with van der Waals surface area (Å²) in [6, 6.07) is 6.38. The first-order valence-corrected chi connectivity index (χ1v) is 6.00. The Morgan fingerprint density at radius 2 is 1.65 bits per heavy atom. The predicted octanol–water partition coefficient (Wildman–Crippen LogP) is 2.41. The number of allylic oxidation sites excluding steroid dienone is 2. The third kappa shape index (κ3) is 2.49. The summed E-state index contributed by atoms with van der Waals surface area (Å²) in [5.74, 6) is -3.50. The van der Waals surface area contributed by atoms with Crippen LogP contribution in [0.2, 0.25) is 0 Å². The number of carbonyl (C=O) groups excluding carboxylic acids is 3. The molecule has 0 radical (unpaired) electrons. The van der Waals surface area contributed by atoms with Gasteiger partial charge in [0.2, 0.25) is 0 Å². The molecule has 1 aliphatic rings. The molecule has 0 fully saturated rings. The zero-order valence-electron chi connectivity index (χ0n) is 10.4. The molecule has 0 atom stereocenters. The standard InChI is InChI=1S/C14H11F2NO3/c15-11(12(16)8-18)6-3-7-17-13(19)9-4-1-2-5-10(9)14(17)20/h1-2,4-5,8H,3,6-7H2/b12-11-. The highest BCUT2D eigenvalue weighted by Gasteiger charge is 2.34. The molecule has 2 rings (SSSR count). The lowest BCUT2D eigenvalue weighted by Crippen LogP contribution is -2.30. The molecule has 1 aliphatic heterocycles. The minimum Gasteiger partial charge on any atom is -0.295 e. The SMILES string of the molecule is O=C/C(F)=C(/F)CCCN1C(=O)c2ccccc2C1=O. The Balaban J connectivity index is 2.01. The highest BCUT2D eigenvalue weighted by Crippen LogP contribution is 2.23. The summed E-state index contributed by atoms with van der Waals surface area (Å²) >= 11 is 0. The van der Waals surface area contributed by atoms with Gasteiger partial charge in [-0.1, -0.05) is 12.1 Å². The van der Waals surface area contributed by atoms with Gasteiger partial charge in [-0.05, 0) is 18.6 Å². The first kappa shape index (κ1) is 14.0. The minimum atomic E-state index is -1.45. The molecule has 20 heavy (non-hydrogen) atoms.